The lowest BCUT2D eigenvalue weighted by Crippen LogP contribution is -2.46. The fraction of sp³-hybridized carbons (Fsp3) is 0.364. The molecule has 17 nitrogen and oxygen atoms in total. The van der Waals surface area contributed by atoms with Crippen LogP contribution in [0.4, 0.5) is 28.4 Å². The van der Waals surface area contributed by atoms with Gasteiger partial charge >= 0.3 is 21.3 Å². The number of hydrogen-bond donors (Lipinski definition) is 4. The molecule has 0 amide bonds. The topological polar surface area (TPSA) is 203 Å². The van der Waals surface area contributed by atoms with Crippen molar-refractivity contribution in [3.8, 4) is 22.4 Å². The molecule has 402 valence electrons. The number of likely N-dealkylation sites (tertiary alicyclic amines) is 1. The zero-order valence-electron chi connectivity index (χ0n) is 42.7. The van der Waals surface area contributed by atoms with Crippen LogP contribution in [0.5, 0.6) is 0 Å². The number of nitrogens with zero attached hydrogens (tertiary/aromatic N) is 6. The SMILES string of the molecule is Cc1c(C(=O)O)c(-c2cccc(N3CCN(c4ccc(N5CCO[P@]5(=O)c5ccc(N[C@H](CCN6CCC(COP(=O)(O)O)CC6)CSc6ccccc6)c([N+](=O)[O-])c5)cc4)CC3)c2)c(-c2ccc(Cl)cc2)n1C(C)C. The van der Waals surface area contributed by atoms with Gasteiger partial charge in [-0.05, 0) is 143 Å². The minimum atomic E-state index is -4.53. The maximum atomic E-state index is 14.9. The normalized spacial score (nSPS) is 18.1. The summed E-state index contributed by atoms with van der Waals surface area (Å²) in [6.07, 6.45) is 2.16. The summed E-state index contributed by atoms with van der Waals surface area (Å²) < 4.78 is 40.8. The van der Waals surface area contributed by atoms with Crippen LogP contribution < -0.4 is 25.1 Å². The van der Waals surface area contributed by atoms with Crippen molar-refractivity contribution in [3.63, 3.8) is 0 Å². The van der Waals surface area contributed by atoms with E-state index in [0.717, 1.165) is 85.2 Å². The van der Waals surface area contributed by atoms with Crippen molar-refractivity contribution in [1.82, 2.24) is 9.47 Å². The first-order valence-corrected chi connectivity index (χ1v) is 30.1. The van der Waals surface area contributed by atoms with E-state index in [2.05, 4.69) is 50.6 Å². The lowest BCUT2D eigenvalue weighted by atomic mass is 9.96. The molecule has 9 rings (SSSR count). The molecule has 76 heavy (non-hydrogen) atoms. The van der Waals surface area contributed by atoms with Crippen LogP contribution in [0.2, 0.25) is 5.02 Å². The number of nitro benzene ring substituents is 1. The first kappa shape index (κ1) is 55.1. The van der Waals surface area contributed by atoms with Crippen LogP contribution in [0, 0.1) is 23.0 Å². The summed E-state index contributed by atoms with van der Waals surface area (Å²) in [5, 5.41) is 27.7. The van der Waals surface area contributed by atoms with Crippen molar-refractivity contribution in [2.75, 3.05) is 91.1 Å². The predicted molar refractivity (Wildman–Crippen MR) is 303 cm³/mol. The number of rotatable bonds is 20. The second kappa shape index (κ2) is 23.9. The van der Waals surface area contributed by atoms with Gasteiger partial charge < -0.3 is 44.0 Å². The van der Waals surface area contributed by atoms with E-state index in [-0.39, 0.29) is 47.8 Å². The molecule has 0 spiro atoms. The Hall–Kier alpha value is -5.65. The van der Waals surface area contributed by atoms with Gasteiger partial charge in [0.05, 0.1) is 41.2 Å². The van der Waals surface area contributed by atoms with Gasteiger partial charge in [0.25, 0.3) is 5.69 Å². The largest absolute Gasteiger partial charge is 0.478 e. The highest BCUT2D eigenvalue weighted by Gasteiger charge is 2.41. The number of benzene rings is 5. The second-order valence-corrected chi connectivity index (χ2v) is 24.8. The molecule has 3 saturated heterocycles. The standard InChI is InChI=1S/C55H64ClN7O10P2S/c1-38(2)62-39(3)52(55(64)65)53(54(62)41-12-14-43(56)15-13-41)42-8-7-9-47(34-42)60-30-28-59(29-31-60)45-16-18-46(19-17-45)61-32-33-72-74(61,68)48-20-21-50(51(35-48)63(66)67)57-44(37-76-49-10-5-4-6-11-49)24-27-58-25-22-40(23-26-58)36-73-75(69,70)71/h4-21,34-35,38,40,44,57H,22-33,36-37H2,1-3H3,(H,64,65)(H2,69,70,71)/t44-,74-/m1/s1. The number of aromatic carboxylic acids is 1. The quantitative estimate of drug-likeness (QED) is 0.0243. The molecule has 4 N–H and O–H groups in total. The zero-order valence-corrected chi connectivity index (χ0v) is 46.1. The van der Waals surface area contributed by atoms with Gasteiger partial charge in [-0.15, -0.1) is 11.8 Å². The van der Waals surface area contributed by atoms with Crippen molar-refractivity contribution in [2.45, 2.75) is 57.0 Å². The van der Waals surface area contributed by atoms with Crippen LogP contribution in [-0.2, 0) is 18.2 Å². The number of piperazine rings is 1. The summed E-state index contributed by atoms with van der Waals surface area (Å²) in [6, 6.07) is 38.0. The Balaban J connectivity index is 0.867. The molecule has 3 aliphatic heterocycles. The van der Waals surface area contributed by atoms with E-state index < -0.39 is 26.2 Å². The van der Waals surface area contributed by atoms with Crippen molar-refractivity contribution < 1.29 is 42.8 Å². The van der Waals surface area contributed by atoms with Crippen molar-refractivity contribution >= 4 is 78.4 Å². The molecule has 0 radical (unpaired) electrons. The van der Waals surface area contributed by atoms with E-state index in [1.54, 1.807) is 28.6 Å². The Bertz CT molecular complexity index is 3110. The van der Waals surface area contributed by atoms with E-state index in [4.69, 9.17) is 30.4 Å². The summed E-state index contributed by atoms with van der Waals surface area (Å²) in [5.74, 6) is -0.294. The molecular formula is C55H64ClN7O10P2S. The second-order valence-electron chi connectivity index (χ2n) is 19.8. The molecule has 6 aromatic rings. The molecule has 0 saturated carbocycles. The number of nitrogens with one attached hydrogen (secondary N) is 1. The summed E-state index contributed by atoms with van der Waals surface area (Å²) in [4.78, 5) is 51.5. The van der Waals surface area contributed by atoms with Crippen LogP contribution in [0.1, 0.15) is 55.2 Å². The number of halogens is 1. The van der Waals surface area contributed by atoms with E-state index >= 15 is 0 Å². The number of anilines is 4. The predicted octanol–water partition coefficient (Wildman–Crippen LogP) is 11.4. The number of carboxylic acids is 1. The highest BCUT2D eigenvalue weighted by molar-refractivity contribution is 7.99. The molecule has 3 fully saturated rings. The third-order valence-electron chi connectivity index (χ3n) is 14.5. The van der Waals surface area contributed by atoms with E-state index in [9.17, 15) is 29.1 Å². The zero-order chi connectivity index (χ0) is 53.7. The number of nitro groups is 1. The highest BCUT2D eigenvalue weighted by Crippen LogP contribution is 2.56. The van der Waals surface area contributed by atoms with Gasteiger partial charge in [0.15, 0.2) is 0 Å². The minimum absolute atomic E-state index is 0.00570. The Morgan fingerprint density at radius 2 is 1.54 bits per heavy atom. The van der Waals surface area contributed by atoms with Gasteiger partial charge in [-0.2, -0.15) is 0 Å². The summed E-state index contributed by atoms with van der Waals surface area (Å²) in [5.41, 5.74) is 7.00. The fourth-order valence-electron chi connectivity index (χ4n) is 10.7. The Morgan fingerprint density at radius 3 is 2.18 bits per heavy atom. The summed E-state index contributed by atoms with van der Waals surface area (Å²) >= 11 is 7.94. The fourth-order valence-corrected chi connectivity index (χ4v) is 14.4. The van der Waals surface area contributed by atoms with E-state index in [0.29, 0.717) is 52.9 Å². The van der Waals surface area contributed by atoms with Crippen molar-refractivity contribution in [1.29, 1.82) is 0 Å². The molecule has 5 aromatic carbocycles. The van der Waals surface area contributed by atoms with Crippen LogP contribution in [0.15, 0.2) is 126 Å². The number of hydrogen-bond acceptors (Lipinski definition) is 12. The number of phosphoric acid groups is 1. The lowest BCUT2D eigenvalue weighted by molar-refractivity contribution is -0.383. The summed E-state index contributed by atoms with van der Waals surface area (Å²) in [7, 11) is -8.28. The summed E-state index contributed by atoms with van der Waals surface area (Å²) in [6.45, 7) is 11.6. The lowest BCUT2D eigenvalue weighted by Gasteiger charge is -2.37. The minimum Gasteiger partial charge on any atom is -0.478 e. The number of thioether (sulfide) groups is 1. The Morgan fingerprint density at radius 1 is 0.868 bits per heavy atom. The molecule has 2 atom stereocenters. The maximum Gasteiger partial charge on any atom is 0.469 e. The van der Waals surface area contributed by atoms with Gasteiger partial charge in [0, 0.05) is 94.9 Å². The molecule has 4 heterocycles. The number of carbonyl (C=O) groups is 1. The van der Waals surface area contributed by atoms with Crippen LogP contribution in [-0.4, -0.2) is 113 Å². The van der Waals surface area contributed by atoms with Gasteiger partial charge in [0.2, 0.25) is 0 Å². The number of phosphoric ester groups is 1. The average molecular weight is 1110 g/mol. The Kier molecular flexibility index (Phi) is 17.4. The number of aromatic nitrogens is 1. The first-order valence-electron chi connectivity index (χ1n) is 25.6. The smallest absolute Gasteiger partial charge is 0.469 e. The van der Waals surface area contributed by atoms with E-state index in [1.165, 1.54) is 6.07 Å². The Labute approximate surface area is 452 Å². The molecule has 0 aliphatic carbocycles. The molecule has 0 unspecified atom stereocenters. The highest BCUT2D eigenvalue weighted by atomic mass is 35.5. The van der Waals surface area contributed by atoms with Crippen LogP contribution in [0.25, 0.3) is 22.4 Å². The van der Waals surface area contributed by atoms with Crippen LogP contribution in [0.3, 0.4) is 0 Å². The molecule has 1 aromatic heterocycles. The van der Waals surface area contributed by atoms with Crippen molar-refractivity contribution in [2.24, 2.45) is 5.92 Å². The number of carboxylic acid groups (broad SMARTS) is 1. The third-order valence-corrected chi connectivity index (χ3v) is 19.0. The molecule has 21 heteroatoms. The monoisotopic (exact) mass is 1110 g/mol. The van der Waals surface area contributed by atoms with Gasteiger partial charge in [-0.3, -0.25) is 23.9 Å². The third kappa shape index (κ3) is 12.7. The average Bonchev–Trinajstić information content (AvgIpc) is 4.08. The van der Waals surface area contributed by atoms with Gasteiger partial charge in [-0.1, -0.05) is 54.1 Å². The van der Waals surface area contributed by atoms with Crippen LogP contribution >= 0.6 is 38.7 Å². The van der Waals surface area contributed by atoms with Gasteiger partial charge in [0.1, 0.15) is 5.69 Å². The maximum absolute atomic E-state index is 14.9. The van der Waals surface area contributed by atoms with E-state index in [1.807, 2.05) is 97.9 Å². The van der Waals surface area contributed by atoms with Crippen molar-refractivity contribution in [3.05, 3.63) is 148 Å². The molecular weight excluding hydrogens is 1050 g/mol. The van der Waals surface area contributed by atoms with Gasteiger partial charge in [-0.25, -0.2) is 9.36 Å². The first-order chi connectivity index (χ1) is 36.5. The number of piperidine rings is 1. The molecule has 0 bridgehead atoms. The molecule has 3 aliphatic rings.